The Bertz CT molecular complexity index is 982. The van der Waals surface area contributed by atoms with E-state index in [2.05, 4.69) is 20.8 Å². The van der Waals surface area contributed by atoms with E-state index in [9.17, 15) is 9.70 Å². The molecular formula is C18H16N4O2S. The van der Waals surface area contributed by atoms with Crippen LogP contribution < -0.4 is 10.6 Å². The van der Waals surface area contributed by atoms with Gasteiger partial charge in [0.25, 0.3) is 5.91 Å². The number of benzene rings is 1. The van der Waals surface area contributed by atoms with Crippen LogP contribution in [0.4, 0.5) is 11.4 Å². The molecule has 1 aromatic carbocycles. The highest BCUT2D eigenvalue weighted by Crippen LogP contribution is 2.39. The normalized spacial score (nSPS) is 15.8. The van der Waals surface area contributed by atoms with Crippen molar-refractivity contribution in [2.75, 3.05) is 12.4 Å². The summed E-state index contributed by atoms with van der Waals surface area (Å²) < 4.78 is 0.954. The quantitative estimate of drug-likeness (QED) is 0.691. The van der Waals surface area contributed by atoms with Crippen molar-refractivity contribution in [1.29, 1.82) is 0 Å². The number of hydrogen-bond donors (Lipinski definition) is 2. The SMILES string of the molecule is CNC(=O)c1sc2cnccc2c1Nc1ccc2c(c1)CCC2N=O. The molecule has 0 bridgehead atoms. The molecule has 0 spiro atoms. The Kier molecular flexibility index (Phi) is 3.93. The zero-order valence-electron chi connectivity index (χ0n) is 13.6. The summed E-state index contributed by atoms with van der Waals surface area (Å²) in [6, 6.07) is 7.59. The molecule has 126 valence electrons. The first-order valence-corrected chi connectivity index (χ1v) is 8.84. The highest BCUT2D eigenvalue weighted by molar-refractivity contribution is 7.21. The topological polar surface area (TPSA) is 83.4 Å². The fourth-order valence-electron chi connectivity index (χ4n) is 3.28. The van der Waals surface area contributed by atoms with E-state index in [1.165, 1.54) is 11.3 Å². The maximum absolute atomic E-state index is 12.3. The fourth-order valence-corrected chi connectivity index (χ4v) is 4.35. The number of carbonyl (C=O) groups is 1. The van der Waals surface area contributed by atoms with Gasteiger partial charge < -0.3 is 10.6 Å². The molecule has 1 amide bonds. The van der Waals surface area contributed by atoms with E-state index in [-0.39, 0.29) is 11.9 Å². The molecule has 1 aliphatic rings. The van der Waals surface area contributed by atoms with Gasteiger partial charge in [-0.3, -0.25) is 9.78 Å². The second-order valence-corrected chi connectivity index (χ2v) is 7.01. The van der Waals surface area contributed by atoms with Gasteiger partial charge in [-0.05, 0) is 42.2 Å². The van der Waals surface area contributed by atoms with Crippen molar-refractivity contribution in [2.24, 2.45) is 5.18 Å². The van der Waals surface area contributed by atoms with E-state index in [0.29, 0.717) is 4.88 Å². The van der Waals surface area contributed by atoms with Gasteiger partial charge in [-0.1, -0.05) is 11.2 Å². The number of hydrogen-bond acceptors (Lipinski definition) is 6. The van der Waals surface area contributed by atoms with Gasteiger partial charge in [-0.25, -0.2) is 0 Å². The fraction of sp³-hybridized carbons (Fsp3) is 0.222. The maximum Gasteiger partial charge on any atom is 0.263 e. The number of fused-ring (bicyclic) bond motifs is 2. The van der Waals surface area contributed by atoms with Crippen LogP contribution in [-0.4, -0.2) is 17.9 Å². The molecule has 0 fully saturated rings. The molecule has 25 heavy (non-hydrogen) atoms. The lowest BCUT2D eigenvalue weighted by Gasteiger charge is -2.10. The number of amides is 1. The lowest BCUT2D eigenvalue weighted by atomic mass is 10.1. The van der Waals surface area contributed by atoms with E-state index in [1.54, 1.807) is 19.4 Å². The van der Waals surface area contributed by atoms with E-state index < -0.39 is 0 Å². The van der Waals surface area contributed by atoms with Crippen LogP contribution >= 0.6 is 11.3 Å². The average molecular weight is 352 g/mol. The van der Waals surface area contributed by atoms with Crippen LogP contribution in [0.2, 0.25) is 0 Å². The predicted octanol–water partition coefficient (Wildman–Crippen LogP) is 4.15. The summed E-state index contributed by atoms with van der Waals surface area (Å²) in [6.07, 6.45) is 5.09. The molecule has 2 aromatic heterocycles. The molecule has 2 heterocycles. The number of nitrogens with one attached hydrogen (secondary N) is 2. The third kappa shape index (κ3) is 2.66. The van der Waals surface area contributed by atoms with Crippen molar-refractivity contribution in [2.45, 2.75) is 18.9 Å². The van der Waals surface area contributed by atoms with Crippen molar-refractivity contribution in [1.82, 2.24) is 10.3 Å². The number of anilines is 2. The van der Waals surface area contributed by atoms with Crippen molar-refractivity contribution in [3.63, 3.8) is 0 Å². The van der Waals surface area contributed by atoms with Crippen molar-refractivity contribution in [3.05, 3.63) is 57.6 Å². The van der Waals surface area contributed by atoms with E-state index in [0.717, 1.165) is 45.4 Å². The smallest absolute Gasteiger partial charge is 0.263 e. The first-order valence-electron chi connectivity index (χ1n) is 8.02. The minimum Gasteiger partial charge on any atom is -0.354 e. The summed E-state index contributed by atoms with van der Waals surface area (Å²) in [5, 5.41) is 10.2. The molecule has 3 aromatic rings. The highest BCUT2D eigenvalue weighted by Gasteiger charge is 2.24. The Hall–Kier alpha value is -2.80. The molecular weight excluding hydrogens is 336 g/mol. The number of pyridine rings is 1. The lowest BCUT2D eigenvalue weighted by molar-refractivity contribution is 0.0968. The Morgan fingerprint density at radius 1 is 1.36 bits per heavy atom. The highest BCUT2D eigenvalue weighted by atomic mass is 32.1. The van der Waals surface area contributed by atoms with Crippen LogP contribution in [0.25, 0.3) is 10.1 Å². The molecule has 0 radical (unpaired) electrons. The summed E-state index contributed by atoms with van der Waals surface area (Å²) in [7, 11) is 1.62. The van der Waals surface area contributed by atoms with Crippen molar-refractivity contribution >= 4 is 38.7 Å². The summed E-state index contributed by atoms with van der Waals surface area (Å²) >= 11 is 1.41. The number of carbonyl (C=O) groups excluding carboxylic acids is 1. The molecule has 1 unspecified atom stereocenters. The van der Waals surface area contributed by atoms with E-state index in [1.807, 2.05) is 24.3 Å². The van der Waals surface area contributed by atoms with Crippen molar-refractivity contribution in [3.8, 4) is 0 Å². The van der Waals surface area contributed by atoms with Gasteiger partial charge in [-0.2, -0.15) is 4.91 Å². The number of nitroso groups, excluding NO2 is 1. The van der Waals surface area contributed by atoms with E-state index >= 15 is 0 Å². The number of rotatable bonds is 4. The summed E-state index contributed by atoms with van der Waals surface area (Å²) in [4.78, 5) is 27.9. The van der Waals surface area contributed by atoms with Crippen LogP contribution in [0, 0.1) is 4.91 Å². The van der Waals surface area contributed by atoms with Crippen LogP contribution in [0.3, 0.4) is 0 Å². The molecule has 4 rings (SSSR count). The van der Waals surface area contributed by atoms with Gasteiger partial charge in [0.1, 0.15) is 10.9 Å². The Labute approximate surface area is 148 Å². The summed E-state index contributed by atoms with van der Waals surface area (Å²) in [6.45, 7) is 0. The van der Waals surface area contributed by atoms with Gasteiger partial charge >= 0.3 is 0 Å². The molecule has 2 N–H and O–H groups in total. The first kappa shape index (κ1) is 15.7. The van der Waals surface area contributed by atoms with Gasteiger partial charge in [0, 0.05) is 30.5 Å². The average Bonchev–Trinajstić information content (AvgIpc) is 3.22. The van der Waals surface area contributed by atoms with Crippen LogP contribution in [0.5, 0.6) is 0 Å². The second kappa shape index (κ2) is 6.25. The zero-order chi connectivity index (χ0) is 17.4. The number of aromatic nitrogens is 1. The molecule has 1 aliphatic carbocycles. The monoisotopic (exact) mass is 352 g/mol. The maximum atomic E-state index is 12.3. The second-order valence-electron chi connectivity index (χ2n) is 5.96. The molecule has 0 saturated heterocycles. The van der Waals surface area contributed by atoms with E-state index in [4.69, 9.17) is 0 Å². The standard InChI is InChI=1S/C18H16N4O2S/c1-19-18(23)17-16(13-6-7-20-9-15(13)25-17)21-11-3-4-12-10(8-11)2-5-14(12)22-24/h3-4,6-9,14,21H,2,5H2,1H3,(H,19,23). The number of thiophene rings is 1. The molecule has 0 saturated carbocycles. The molecule has 6 nitrogen and oxygen atoms in total. The zero-order valence-corrected chi connectivity index (χ0v) is 14.4. The number of aryl methyl sites for hydroxylation is 1. The number of nitrogens with zero attached hydrogens (tertiary/aromatic N) is 2. The molecule has 0 aliphatic heterocycles. The predicted molar refractivity (Wildman–Crippen MR) is 99.6 cm³/mol. The molecule has 7 heteroatoms. The first-order chi connectivity index (χ1) is 12.2. The minimum atomic E-state index is -0.237. The Balaban J connectivity index is 1.76. The lowest BCUT2D eigenvalue weighted by Crippen LogP contribution is -2.17. The third-order valence-corrected chi connectivity index (χ3v) is 5.65. The van der Waals surface area contributed by atoms with Gasteiger partial charge in [0.15, 0.2) is 0 Å². The van der Waals surface area contributed by atoms with Gasteiger partial charge in [0.2, 0.25) is 0 Å². The summed E-state index contributed by atoms with van der Waals surface area (Å²) in [5.41, 5.74) is 3.82. The minimum absolute atomic E-state index is 0.130. The van der Waals surface area contributed by atoms with Crippen molar-refractivity contribution < 1.29 is 4.79 Å². The molecule has 1 atom stereocenters. The van der Waals surface area contributed by atoms with Crippen LogP contribution in [0.1, 0.15) is 33.3 Å². The Morgan fingerprint density at radius 3 is 3.04 bits per heavy atom. The van der Waals surface area contributed by atoms with Gasteiger partial charge in [-0.15, -0.1) is 11.3 Å². The third-order valence-electron chi connectivity index (χ3n) is 4.51. The van der Waals surface area contributed by atoms with Crippen LogP contribution in [-0.2, 0) is 6.42 Å². The summed E-state index contributed by atoms with van der Waals surface area (Å²) in [5.74, 6) is -0.130. The Morgan fingerprint density at radius 2 is 2.24 bits per heavy atom. The van der Waals surface area contributed by atoms with Gasteiger partial charge in [0.05, 0.1) is 10.4 Å². The van der Waals surface area contributed by atoms with Crippen LogP contribution in [0.15, 0.2) is 41.8 Å². The largest absolute Gasteiger partial charge is 0.354 e.